The zero-order valence-corrected chi connectivity index (χ0v) is 10.6. The zero-order chi connectivity index (χ0) is 14.7. The van der Waals surface area contributed by atoms with Crippen LogP contribution in [0.4, 0.5) is 13.2 Å². The van der Waals surface area contributed by atoms with Crippen LogP contribution in [0.25, 0.3) is 0 Å². The Balaban J connectivity index is 2.70. The number of aliphatic hydroxyl groups is 1. The monoisotopic (exact) mass is 276 g/mol. The number of hydrogen-bond acceptors (Lipinski definition) is 3. The van der Waals surface area contributed by atoms with E-state index in [0.29, 0.717) is 5.56 Å². The lowest BCUT2D eigenvalue weighted by molar-refractivity contribution is -0.274. The van der Waals surface area contributed by atoms with E-state index >= 15 is 0 Å². The molecule has 0 aromatic heterocycles. The number of carbonyl (C=O) groups excluding carboxylic acids is 1. The van der Waals surface area contributed by atoms with Gasteiger partial charge in [-0.1, -0.05) is 19.1 Å². The molecule has 106 valence electrons. The van der Waals surface area contributed by atoms with E-state index < -0.39 is 12.0 Å². The molecule has 1 aromatic rings. The van der Waals surface area contributed by atoms with Crippen molar-refractivity contribution in [3.63, 3.8) is 0 Å². The normalized spacial score (nSPS) is 14.8. The Hall–Kier alpha value is -1.56. The molecule has 0 heterocycles. The summed E-state index contributed by atoms with van der Waals surface area (Å²) in [5.74, 6) is -0.717. The molecule has 0 radical (unpaired) electrons. The van der Waals surface area contributed by atoms with Crippen molar-refractivity contribution in [3.05, 3.63) is 29.8 Å². The summed E-state index contributed by atoms with van der Waals surface area (Å²) < 4.78 is 39.5. The van der Waals surface area contributed by atoms with Crippen LogP contribution in [0.1, 0.15) is 25.8 Å². The van der Waals surface area contributed by atoms with Crippen LogP contribution in [0, 0.1) is 0 Å². The fourth-order valence-corrected chi connectivity index (χ4v) is 1.38. The summed E-state index contributed by atoms with van der Waals surface area (Å²) in [6.07, 6.45) is -4.49. The number of alkyl halides is 3. The molecule has 1 N–H and O–H groups in total. The van der Waals surface area contributed by atoms with E-state index in [1.54, 1.807) is 6.92 Å². The van der Waals surface area contributed by atoms with Gasteiger partial charge in [-0.25, -0.2) is 0 Å². The number of Topliss-reactive ketones (excluding diaryl/α,β-unsaturated/α-hetero) is 1. The highest BCUT2D eigenvalue weighted by molar-refractivity contribution is 5.88. The topological polar surface area (TPSA) is 46.5 Å². The quantitative estimate of drug-likeness (QED) is 0.899. The molecule has 0 fully saturated rings. The van der Waals surface area contributed by atoms with E-state index in [1.807, 2.05) is 0 Å². The highest BCUT2D eigenvalue weighted by atomic mass is 19.4. The number of hydrogen-bond donors (Lipinski definition) is 1. The van der Waals surface area contributed by atoms with Gasteiger partial charge in [-0.3, -0.25) is 4.79 Å². The predicted molar refractivity (Wildman–Crippen MR) is 62.8 cm³/mol. The second-order valence-electron chi connectivity index (χ2n) is 4.42. The van der Waals surface area contributed by atoms with Crippen molar-refractivity contribution in [3.8, 4) is 5.75 Å². The number of ether oxygens (including phenoxy) is 1. The van der Waals surface area contributed by atoms with Crippen LogP contribution in [0.2, 0.25) is 0 Å². The minimum atomic E-state index is -4.73. The molecule has 0 bridgehead atoms. The molecule has 0 saturated heterocycles. The van der Waals surface area contributed by atoms with Crippen molar-refractivity contribution >= 4 is 5.78 Å². The van der Waals surface area contributed by atoms with Gasteiger partial charge in [0.15, 0.2) is 5.78 Å². The lowest BCUT2D eigenvalue weighted by Gasteiger charge is -2.19. The third-order valence-electron chi connectivity index (χ3n) is 2.81. The Morgan fingerprint density at radius 1 is 1.26 bits per heavy atom. The summed E-state index contributed by atoms with van der Waals surface area (Å²) in [4.78, 5) is 11.7. The van der Waals surface area contributed by atoms with E-state index in [9.17, 15) is 23.1 Å². The van der Waals surface area contributed by atoms with Crippen molar-refractivity contribution in [1.29, 1.82) is 0 Å². The van der Waals surface area contributed by atoms with E-state index in [4.69, 9.17) is 0 Å². The summed E-state index contributed by atoms with van der Waals surface area (Å²) in [5.41, 5.74) is -0.894. The first-order chi connectivity index (χ1) is 8.64. The third kappa shape index (κ3) is 4.90. The fourth-order valence-electron chi connectivity index (χ4n) is 1.38. The average Bonchev–Trinajstić information content (AvgIpc) is 2.29. The minimum absolute atomic E-state index is 0.0346. The SMILES string of the molecule is CCC(C)(O)C(=O)Cc1ccc(OC(F)(F)F)cc1. The van der Waals surface area contributed by atoms with Gasteiger partial charge in [0.2, 0.25) is 0 Å². The number of carbonyl (C=O) groups is 1. The lowest BCUT2D eigenvalue weighted by atomic mass is 9.93. The van der Waals surface area contributed by atoms with Crippen molar-refractivity contribution in [2.24, 2.45) is 0 Å². The van der Waals surface area contributed by atoms with Gasteiger partial charge in [0.1, 0.15) is 11.4 Å². The number of rotatable bonds is 5. The Kier molecular flexibility index (Phi) is 4.57. The Bertz CT molecular complexity index is 435. The van der Waals surface area contributed by atoms with Crippen molar-refractivity contribution < 1.29 is 27.8 Å². The number of halogens is 3. The molecular formula is C13H15F3O3. The number of benzene rings is 1. The molecule has 6 heteroatoms. The highest BCUT2D eigenvalue weighted by Gasteiger charge is 2.31. The van der Waals surface area contributed by atoms with Gasteiger partial charge >= 0.3 is 6.36 Å². The van der Waals surface area contributed by atoms with E-state index in [0.717, 1.165) is 12.1 Å². The largest absolute Gasteiger partial charge is 0.573 e. The predicted octanol–water partition coefficient (Wildman–Crippen LogP) is 2.86. The first-order valence-corrected chi connectivity index (χ1v) is 5.74. The first-order valence-electron chi connectivity index (χ1n) is 5.74. The molecule has 1 unspecified atom stereocenters. The van der Waals surface area contributed by atoms with Gasteiger partial charge in [0, 0.05) is 6.42 Å². The van der Waals surface area contributed by atoms with E-state index in [2.05, 4.69) is 4.74 Å². The molecule has 1 aromatic carbocycles. The Morgan fingerprint density at radius 2 is 1.79 bits per heavy atom. The van der Waals surface area contributed by atoms with Crippen molar-refractivity contribution in [2.45, 2.75) is 38.7 Å². The molecule has 0 saturated carbocycles. The third-order valence-corrected chi connectivity index (χ3v) is 2.81. The van der Waals surface area contributed by atoms with Gasteiger partial charge in [-0.15, -0.1) is 13.2 Å². The smallest absolute Gasteiger partial charge is 0.406 e. The summed E-state index contributed by atoms with van der Waals surface area (Å²) in [6.45, 7) is 3.09. The van der Waals surface area contributed by atoms with Gasteiger partial charge in [-0.2, -0.15) is 0 Å². The molecule has 1 atom stereocenters. The molecule has 19 heavy (non-hydrogen) atoms. The molecule has 0 aliphatic carbocycles. The van der Waals surface area contributed by atoms with Crippen LogP contribution in [-0.2, 0) is 11.2 Å². The first kappa shape index (κ1) is 15.5. The molecular weight excluding hydrogens is 261 g/mol. The van der Waals surface area contributed by atoms with Gasteiger partial charge < -0.3 is 9.84 Å². The van der Waals surface area contributed by atoms with Crippen LogP contribution in [0.5, 0.6) is 5.75 Å². The molecule has 0 spiro atoms. The minimum Gasteiger partial charge on any atom is -0.406 e. The second kappa shape index (κ2) is 5.61. The summed E-state index contributed by atoms with van der Waals surface area (Å²) >= 11 is 0. The van der Waals surface area contributed by atoms with Gasteiger partial charge in [0.25, 0.3) is 0 Å². The Labute approximate surface area is 109 Å². The maximum atomic E-state index is 11.9. The Morgan fingerprint density at radius 3 is 2.21 bits per heavy atom. The zero-order valence-electron chi connectivity index (χ0n) is 10.6. The molecule has 1 rings (SSSR count). The maximum Gasteiger partial charge on any atom is 0.573 e. The van der Waals surface area contributed by atoms with Gasteiger partial charge in [-0.05, 0) is 31.0 Å². The summed E-state index contributed by atoms with van der Waals surface area (Å²) in [7, 11) is 0. The number of ketones is 1. The molecule has 3 nitrogen and oxygen atoms in total. The lowest BCUT2D eigenvalue weighted by Crippen LogP contribution is -2.35. The molecule has 0 aliphatic rings. The maximum absolute atomic E-state index is 11.9. The van der Waals surface area contributed by atoms with Gasteiger partial charge in [0.05, 0.1) is 0 Å². The van der Waals surface area contributed by atoms with Crippen LogP contribution in [0.3, 0.4) is 0 Å². The highest BCUT2D eigenvalue weighted by Crippen LogP contribution is 2.23. The van der Waals surface area contributed by atoms with E-state index in [1.165, 1.54) is 19.1 Å². The van der Waals surface area contributed by atoms with Crippen molar-refractivity contribution in [2.75, 3.05) is 0 Å². The van der Waals surface area contributed by atoms with Crippen LogP contribution < -0.4 is 4.74 Å². The average molecular weight is 276 g/mol. The second-order valence-corrected chi connectivity index (χ2v) is 4.42. The molecule has 0 amide bonds. The van der Waals surface area contributed by atoms with Crippen molar-refractivity contribution in [1.82, 2.24) is 0 Å². The van der Waals surface area contributed by atoms with E-state index in [-0.39, 0.29) is 24.4 Å². The van der Waals surface area contributed by atoms with Crippen LogP contribution in [0.15, 0.2) is 24.3 Å². The molecule has 0 aliphatic heterocycles. The van der Waals surface area contributed by atoms with Crippen LogP contribution >= 0.6 is 0 Å². The summed E-state index contributed by atoms with van der Waals surface area (Å²) in [5, 5.41) is 9.74. The van der Waals surface area contributed by atoms with Crippen LogP contribution in [-0.4, -0.2) is 22.9 Å². The standard InChI is InChI=1S/C13H15F3O3/c1-3-12(2,18)11(17)8-9-4-6-10(7-5-9)19-13(14,15)16/h4-7,18H,3,8H2,1-2H3. The fraction of sp³-hybridized carbons (Fsp3) is 0.462. The summed E-state index contributed by atoms with van der Waals surface area (Å²) in [6, 6.07) is 5.00.